The van der Waals surface area contributed by atoms with Crippen LogP contribution in [0.3, 0.4) is 0 Å². The minimum absolute atomic E-state index is 0.106. The fraction of sp³-hybridized carbons (Fsp3) is 0.400. The van der Waals surface area contributed by atoms with E-state index in [2.05, 4.69) is 28.3 Å². The number of nitrogens with zero attached hydrogens (tertiary/aromatic N) is 3. The maximum Gasteiger partial charge on any atom is 0.224 e. The number of carbonyl (C=O) groups excluding carboxylic acids is 1. The quantitative estimate of drug-likeness (QED) is 0.870. The average Bonchev–Trinajstić information content (AvgIpc) is 2.89. The van der Waals surface area contributed by atoms with Crippen molar-refractivity contribution in [1.29, 1.82) is 0 Å². The van der Waals surface area contributed by atoms with Crippen molar-refractivity contribution in [1.82, 2.24) is 14.9 Å². The van der Waals surface area contributed by atoms with E-state index >= 15 is 0 Å². The number of thioether (sulfide) groups is 1. The largest absolute Gasteiger partial charge is 0.320 e. The average molecular weight is 319 g/mol. The van der Waals surface area contributed by atoms with E-state index in [1.165, 1.54) is 10.4 Å². The SMILES string of the molecule is Cc1cnc(CN2C(=O)CCSC2c2sccc2C)cn1. The van der Waals surface area contributed by atoms with Gasteiger partial charge in [0.1, 0.15) is 5.37 Å². The summed E-state index contributed by atoms with van der Waals surface area (Å²) in [5.74, 6) is 1.09. The van der Waals surface area contributed by atoms with Crippen molar-refractivity contribution in [2.24, 2.45) is 0 Å². The second-order valence-electron chi connectivity index (χ2n) is 5.11. The van der Waals surface area contributed by atoms with E-state index in [1.54, 1.807) is 23.7 Å². The molecule has 6 heteroatoms. The monoisotopic (exact) mass is 319 g/mol. The first-order chi connectivity index (χ1) is 10.1. The number of aryl methyl sites for hydroxylation is 2. The number of aromatic nitrogens is 2. The fourth-order valence-corrected chi connectivity index (χ4v) is 4.84. The molecule has 0 aliphatic carbocycles. The number of carbonyl (C=O) groups is 1. The van der Waals surface area contributed by atoms with Crippen LogP contribution in [-0.4, -0.2) is 26.5 Å². The Kier molecular flexibility index (Phi) is 4.26. The maximum absolute atomic E-state index is 12.4. The van der Waals surface area contributed by atoms with E-state index in [-0.39, 0.29) is 11.3 Å². The zero-order valence-electron chi connectivity index (χ0n) is 12.1. The first-order valence-electron chi connectivity index (χ1n) is 6.88. The predicted octanol–water partition coefficient (Wildman–Crippen LogP) is 3.32. The molecule has 1 unspecified atom stereocenters. The molecule has 2 aromatic heterocycles. The molecule has 0 N–H and O–H groups in total. The van der Waals surface area contributed by atoms with E-state index in [9.17, 15) is 4.79 Å². The molecule has 0 spiro atoms. The summed E-state index contributed by atoms with van der Waals surface area (Å²) in [7, 11) is 0. The lowest BCUT2D eigenvalue weighted by Gasteiger charge is -2.34. The van der Waals surface area contributed by atoms with E-state index in [0.29, 0.717) is 13.0 Å². The van der Waals surface area contributed by atoms with Crippen LogP contribution >= 0.6 is 23.1 Å². The Bertz CT molecular complexity index is 639. The van der Waals surface area contributed by atoms with Gasteiger partial charge in [-0.15, -0.1) is 23.1 Å². The van der Waals surface area contributed by atoms with Crippen LogP contribution in [0.1, 0.15) is 33.6 Å². The van der Waals surface area contributed by atoms with Crippen LogP contribution in [0.5, 0.6) is 0 Å². The normalized spacial score (nSPS) is 19.0. The standard InChI is InChI=1S/C15H17N3OS2/c1-10-3-5-20-14(10)15-18(13(19)4-6-21-15)9-12-8-16-11(2)7-17-12/h3,5,7-8,15H,4,6,9H2,1-2H3. The van der Waals surface area contributed by atoms with Crippen molar-refractivity contribution in [2.45, 2.75) is 32.2 Å². The van der Waals surface area contributed by atoms with Gasteiger partial charge in [0.2, 0.25) is 5.91 Å². The molecule has 4 nitrogen and oxygen atoms in total. The first kappa shape index (κ1) is 14.5. The van der Waals surface area contributed by atoms with Gasteiger partial charge in [0, 0.05) is 23.2 Å². The van der Waals surface area contributed by atoms with Crippen LogP contribution in [-0.2, 0) is 11.3 Å². The lowest BCUT2D eigenvalue weighted by atomic mass is 10.2. The third-order valence-corrected chi connectivity index (χ3v) is 5.95. The minimum atomic E-state index is 0.106. The van der Waals surface area contributed by atoms with Gasteiger partial charge in [0.05, 0.1) is 24.1 Å². The second-order valence-corrected chi connectivity index (χ2v) is 7.25. The first-order valence-corrected chi connectivity index (χ1v) is 8.80. The molecule has 0 radical (unpaired) electrons. The summed E-state index contributed by atoms with van der Waals surface area (Å²) in [5, 5.41) is 2.20. The maximum atomic E-state index is 12.4. The van der Waals surface area contributed by atoms with Crippen LogP contribution in [0.2, 0.25) is 0 Å². The Balaban J connectivity index is 1.86. The van der Waals surface area contributed by atoms with Crippen LogP contribution in [0.25, 0.3) is 0 Å². The van der Waals surface area contributed by atoms with Gasteiger partial charge in [-0.05, 0) is 30.9 Å². The van der Waals surface area contributed by atoms with Gasteiger partial charge in [-0.2, -0.15) is 0 Å². The van der Waals surface area contributed by atoms with Crippen LogP contribution < -0.4 is 0 Å². The third kappa shape index (κ3) is 3.11. The summed E-state index contributed by atoms with van der Waals surface area (Å²) < 4.78 is 0. The van der Waals surface area contributed by atoms with E-state index in [0.717, 1.165) is 17.1 Å². The molecule has 3 rings (SSSR count). The number of hydrogen-bond donors (Lipinski definition) is 0. The molecular weight excluding hydrogens is 302 g/mol. The molecule has 2 aromatic rings. The second kappa shape index (κ2) is 6.15. The van der Waals surface area contributed by atoms with Crippen molar-refractivity contribution in [3.63, 3.8) is 0 Å². The van der Waals surface area contributed by atoms with Gasteiger partial charge in [-0.1, -0.05) is 0 Å². The summed E-state index contributed by atoms with van der Waals surface area (Å²) in [4.78, 5) is 24.2. The molecule has 1 aliphatic rings. The number of rotatable bonds is 3. The number of amides is 1. The molecule has 1 aliphatic heterocycles. The molecule has 1 atom stereocenters. The molecule has 0 saturated carbocycles. The van der Waals surface area contributed by atoms with Crippen molar-refractivity contribution < 1.29 is 4.79 Å². The Labute approximate surface area is 132 Å². The van der Waals surface area contributed by atoms with Gasteiger partial charge in [0.25, 0.3) is 0 Å². The lowest BCUT2D eigenvalue weighted by molar-refractivity contribution is -0.132. The highest BCUT2D eigenvalue weighted by atomic mass is 32.2. The Morgan fingerprint density at radius 2 is 2.19 bits per heavy atom. The van der Waals surface area contributed by atoms with Gasteiger partial charge < -0.3 is 4.90 Å². The van der Waals surface area contributed by atoms with E-state index in [4.69, 9.17) is 0 Å². The predicted molar refractivity (Wildman–Crippen MR) is 86.2 cm³/mol. The Morgan fingerprint density at radius 1 is 1.33 bits per heavy atom. The molecule has 0 aromatic carbocycles. The zero-order chi connectivity index (χ0) is 14.8. The van der Waals surface area contributed by atoms with Gasteiger partial charge in [0.15, 0.2) is 0 Å². The van der Waals surface area contributed by atoms with Crippen molar-refractivity contribution in [3.8, 4) is 0 Å². The summed E-state index contributed by atoms with van der Waals surface area (Å²) in [6, 6.07) is 2.11. The highest BCUT2D eigenvalue weighted by Crippen LogP contribution is 2.41. The van der Waals surface area contributed by atoms with Gasteiger partial charge in [-0.3, -0.25) is 14.8 Å². The fourth-order valence-electron chi connectivity index (χ4n) is 2.32. The smallest absolute Gasteiger partial charge is 0.224 e. The summed E-state index contributed by atoms with van der Waals surface area (Å²) >= 11 is 3.56. The molecule has 0 bridgehead atoms. The lowest BCUT2D eigenvalue weighted by Crippen LogP contribution is -2.36. The van der Waals surface area contributed by atoms with Gasteiger partial charge >= 0.3 is 0 Å². The molecule has 3 heterocycles. The Hall–Kier alpha value is -1.40. The summed E-state index contributed by atoms with van der Waals surface area (Å²) in [6.07, 6.45) is 4.12. The number of thiophene rings is 1. The molecule has 1 amide bonds. The molecule has 110 valence electrons. The highest BCUT2D eigenvalue weighted by molar-refractivity contribution is 7.99. The minimum Gasteiger partial charge on any atom is -0.320 e. The molecule has 1 fully saturated rings. The van der Waals surface area contributed by atoms with Crippen LogP contribution in [0.15, 0.2) is 23.8 Å². The number of hydrogen-bond acceptors (Lipinski definition) is 5. The Morgan fingerprint density at radius 3 is 2.86 bits per heavy atom. The van der Waals surface area contributed by atoms with Crippen LogP contribution in [0, 0.1) is 13.8 Å². The zero-order valence-corrected chi connectivity index (χ0v) is 13.7. The molecular formula is C15H17N3OS2. The van der Waals surface area contributed by atoms with Crippen molar-refractivity contribution in [3.05, 3.63) is 45.7 Å². The van der Waals surface area contributed by atoms with E-state index < -0.39 is 0 Å². The van der Waals surface area contributed by atoms with E-state index in [1.807, 2.05) is 23.6 Å². The van der Waals surface area contributed by atoms with Crippen molar-refractivity contribution in [2.75, 3.05) is 5.75 Å². The molecule has 21 heavy (non-hydrogen) atoms. The summed E-state index contributed by atoms with van der Waals surface area (Å²) in [6.45, 7) is 4.55. The third-order valence-electron chi connectivity index (χ3n) is 3.49. The molecule has 1 saturated heterocycles. The topological polar surface area (TPSA) is 46.1 Å². The van der Waals surface area contributed by atoms with Crippen LogP contribution in [0.4, 0.5) is 0 Å². The highest BCUT2D eigenvalue weighted by Gasteiger charge is 2.31. The van der Waals surface area contributed by atoms with Gasteiger partial charge in [-0.25, -0.2) is 0 Å². The summed E-state index contributed by atoms with van der Waals surface area (Å²) in [5.41, 5.74) is 2.99. The van der Waals surface area contributed by atoms with Crippen molar-refractivity contribution >= 4 is 29.0 Å².